The standard InChI is InChI=1S/C13H10O4/c1-2-3-12(14)16-10-6-4-9-5-7-13(15)17-11(9)8-10/h2-8H,1H3. The molecule has 0 saturated carbocycles. The van der Waals surface area contributed by atoms with Gasteiger partial charge in [0, 0.05) is 23.6 Å². The van der Waals surface area contributed by atoms with Crippen molar-refractivity contribution < 1.29 is 13.9 Å². The topological polar surface area (TPSA) is 56.5 Å². The number of carbonyl (C=O) groups excluding carboxylic acids is 1. The number of fused-ring (bicyclic) bond motifs is 1. The fourth-order valence-electron chi connectivity index (χ4n) is 1.39. The largest absolute Gasteiger partial charge is 0.423 e. The molecule has 2 rings (SSSR count). The predicted molar refractivity (Wildman–Crippen MR) is 62.9 cm³/mol. The minimum atomic E-state index is -0.467. The average molecular weight is 230 g/mol. The smallest absolute Gasteiger partial charge is 0.336 e. The van der Waals surface area contributed by atoms with Crippen molar-refractivity contribution in [1.29, 1.82) is 0 Å². The minimum absolute atomic E-state index is 0.343. The molecule has 0 radical (unpaired) electrons. The zero-order valence-electron chi connectivity index (χ0n) is 9.17. The van der Waals surface area contributed by atoms with Crippen LogP contribution in [0.2, 0.25) is 0 Å². The molecule has 0 amide bonds. The summed E-state index contributed by atoms with van der Waals surface area (Å²) in [6.07, 6.45) is 2.90. The molecule has 0 bridgehead atoms. The van der Waals surface area contributed by atoms with E-state index in [9.17, 15) is 9.59 Å². The zero-order chi connectivity index (χ0) is 12.3. The van der Waals surface area contributed by atoms with E-state index in [0.717, 1.165) is 5.39 Å². The summed E-state index contributed by atoms with van der Waals surface area (Å²) in [5.74, 6) is -0.125. The van der Waals surface area contributed by atoms with Gasteiger partial charge in [0.05, 0.1) is 0 Å². The molecule has 1 aromatic heterocycles. The number of carbonyl (C=O) groups is 1. The van der Waals surface area contributed by atoms with Crippen LogP contribution in [0.1, 0.15) is 6.92 Å². The van der Waals surface area contributed by atoms with E-state index in [2.05, 4.69) is 0 Å². The molecule has 0 spiro atoms. The van der Waals surface area contributed by atoms with Crippen LogP contribution in [0.3, 0.4) is 0 Å². The van der Waals surface area contributed by atoms with Crippen LogP contribution in [0.25, 0.3) is 11.0 Å². The number of rotatable bonds is 2. The lowest BCUT2D eigenvalue weighted by molar-refractivity contribution is -0.128. The van der Waals surface area contributed by atoms with Crippen molar-refractivity contribution in [2.24, 2.45) is 0 Å². The molecule has 0 aliphatic rings. The molecule has 1 heterocycles. The van der Waals surface area contributed by atoms with Crippen LogP contribution >= 0.6 is 0 Å². The molecule has 0 atom stereocenters. The summed E-state index contributed by atoms with van der Waals surface area (Å²) >= 11 is 0. The molecule has 2 aromatic rings. The Labute approximate surface area is 97.1 Å². The summed E-state index contributed by atoms with van der Waals surface area (Å²) in [5.41, 5.74) is -0.0438. The summed E-state index contributed by atoms with van der Waals surface area (Å²) in [7, 11) is 0. The Bertz CT molecular complexity index is 637. The predicted octanol–water partition coefficient (Wildman–Crippen LogP) is 2.27. The SMILES string of the molecule is CC=CC(=O)Oc1ccc2ccc(=O)oc2c1. The maximum atomic E-state index is 11.2. The Morgan fingerprint density at radius 2 is 2.06 bits per heavy atom. The van der Waals surface area contributed by atoms with Crippen LogP contribution in [0.15, 0.2) is 51.7 Å². The third-order valence-electron chi connectivity index (χ3n) is 2.12. The third kappa shape index (κ3) is 2.60. The van der Waals surface area contributed by atoms with Gasteiger partial charge < -0.3 is 9.15 Å². The molecular formula is C13H10O4. The van der Waals surface area contributed by atoms with E-state index in [4.69, 9.17) is 9.15 Å². The molecule has 0 saturated heterocycles. The van der Waals surface area contributed by atoms with Gasteiger partial charge in [0.2, 0.25) is 0 Å². The van der Waals surface area contributed by atoms with Crippen molar-refractivity contribution >= 4 is 16.9 Å². The lowest BCUT2D eigenvalue weighted by Crippen LogP contribution is -2.03. The number of benzene rings is 1. The molecule has 86 valence electrons. The van der Waals surface area contributed by atoms with Crippen molar-refractivity contribution in [3.05, 3.63) is 52.9 Å². The molecule has 17 heavy (non-hydrogen) atoms. The molecule has 0 unspecified atom stereocenters. The van der Waals surface area contributed by atoms with Crippen molar-refractivity contribution in [1.82, 2.24) is 0 Å². The van der Waals surface area contributed by atoms with Gasteiger partial charge in [-0.1, -0.05) is 6.08 Å². The number of hydrogen-bond donors (Lipinski definition) is 0. The van der Waals surface area contributed by atoms with Crippen LogP contribution in [0, 0.1) is 0 Å². The second-order valence-corrected chi connectivity index (χ2v) is 3.38. The van der Waals surface area contributed by atoms with Crippen LogP contribution in [-0.2, 0) is 4.79 Å². The van der Waals surface area contributed by atoms with E-state index < -0.39 is 11.6 Å². The molecule has 0 aliphatic heterocycles. The van der Waals surface area contributed by atoms with Gasteiger partial charge in [0.15, 0.2) is 0 Å². The first-order valence-electron chi connectivity index (χ1n) is 5.07. The summed E-state index contributed by atoms with van der Waals surface area (Å²) in [6, 6.07) is 7.87. The molecule has 0 fully saturated rings. The van der Waals surface area contributed by atoms with Gasteiger partial charge in [-0.05, 0) is 25.1 Å². The first-order chi connectivity index (χ1) is 8.19. The Balaban J connectivity index is 2.37. The average Bonchev–Trinajstić information content (AvgIpc) is 2.28. The fourth-order valence-corrected chi connectivity index (χ4v) is 1.39. The third-order valence-corrected chi connectivity index (χ3v) is 2.12. The van der Waals surface area contributed by atoms with E-state index in [1.165, 1.54) is 18.2 Å². The summed E-state index contributed by atoms with van der Waals surface area (Å²) < 4.78 is 9.99. The van der Waals surface area contributed by atoms with Gasteiger partial charge in [-0.15, -0.1) is 0 Å². The highest BCUT2D eigenvalue weighted by Gasteiger charge is 2.03. The normalized spacial score (nSPS) is 10.9. The minimum Gasteiger partial charge on any atom is -0.423 e. The van der Waals surface area contributed by atoms with Gasteiger partial charge >= 0.3 is 11.6 Å². The van der Waals surface area contributed by atoms with Gasteiger partial charge in [-0.2, -0.15) is 0 Å². The van der Waals surface area contributed by atoms with Gasteiger partial charge in [0.1, 0.15) is 11.3 Å². The molecular weight excluding hydrogens is 220 g/mol. The second kappa shape index (κ2) is 4.65. The highest BCUT2D eigenvalue weighted by Crippen LogP contribution is 2.19. The number of hydrogen-bond acceptors (Lipinski definition) is 4. The highest BCUT2D eigenvalue weighted by molar-refractivity contribution is 5.85. The van der Waals surface area contributed by atoms with E-state index in [0.29, 0.717) is 11.3 Å². The summed E-state index contributed by atoms with van der Waals surface area (Å²) in [5, 5.41) is 0.774. The van der Waals surface area contributed by atoms with E-state index in [1.54, 1.807) is 31.2 Å². The Morgan fingerprint density at radius 1 is 1.29 bits per heavy atom. The summed E-state index contributed by atoms with van der Waals surface area (Å²) in [6.45, 7) is 1.72. The Kier molecular flexibility index (Phi) is 3.05. The van der Waals surface area contributed by atoms with Crippen LogP contribution in [-0.4, -0.2) is 5.97 Å². The van der Waals surface area contributed by atoms with Crippen LogP contribution in [0.5, 0.6) is 5.75 Å². The number of allylic oxidation sites excluding steroid dienone is 1. The molecule has 1 aromatic carbocycles. The van der Waals surface area contributed by atoms with Gasteiger partial charge in [-0.25, -0.2) is 9.59 Å². The first-order valence-corrected chi connectivity index (χ1v) is 5.07. The Hall–Kier alpha value is -2.36. The second-order valence-electron chi connectivity index (χ2n) is 3.38. The van der Waals surface area contributed by atoms with Gasteiger partial charge in [0.25, 0.3) is 0 Å². The van der Waals surface area contributed by atoms with Crippen molar-refractivity contribution in [3.63, 3.8) is 0 Å². The maximum absolute atomic E-state index is 11.2. The lowest BCUT2D eigenvalue weighted by Gasteiger charge is -2.02. The van der Waals surface area contributed by atoms with E-state index in [1.807, 2.05) is 0 Å². The monoisotopic (exact) mass is 230 g/mol. The molecule has 0 aliphatic carbocycles. The quantitative estimate of drug-likeness (QED) is 0.343. The zero-order valence-corrected chi connectivity index (χ0v) is 9.17. The van der Waals surface area contributed by atoms with Crippen molar-refractivity contribution in [2.45, 2.75) is 6.92 Å². The van der Waals surface area contributed by atoms with Crippen LogP contribution in [0.4, 0.5) is 0 Å². The highest BCUT2D eigenvalue weighted by atomic mass is 16.5. The van der Waals surface area contributed by atoms with Crippen molar-refractivity contribution in [2.75, 3.05) is 0 Å². The van der Waals surface area contributed by atoms with Gasteiger partial charge in [-0.3, -0.25) is 0 Å². The Morgan fingerprint density at radius 3 is 2.82 bits per heavy atom. The lowest BCUT2D eigenvalue weighted by atomic mass is 10.2. The van der Waals surface area contributed by atoms with E-state index in [-0.39, 0.29) is 0 Å². The molecule has 4 nitrogen and oxygen atoms in total. The van der Waals surface area contributed by atoms with Crippen molar-refractivity contribution in [3.8, 4) is 5.75 Å². The number of esters is 1. The van der Waals surface area contributed by atoms with E-state index >= 15 is 0 Å². The van der Waals surface area contributed by atoms with Crippen LogP contribution < -0.4 is 10.4 Å². The number of ether oxygens (including phenoxy) is 1. The fraction of sp³-hybridized carbons (Fsp3) is 0.0769. The summed E-state index contributed by atoms with van der Waals surface area (Å²) in [4.78, 5) is 22.2. The first kappa shape index (κ1) is 11.1. The molecule has 0 N–H and O–H groups in total. The maximum Gasteiger partial charge on any atom is 0.336 e. The molecule has 4 heteroatoms.